The van der Waals surface area contributed by atoms with Crippen molar-refractivity contribution in [3.8, 4) is 28.5 Å². The molecule has 0 radical (unpaired) electrons. The third kappa shape index (κ3) is 3.62. The molecule has 164 valence electrons. The van der Waals surface area contributed by atoms with E-state index in [1.165, 1.54) is 0 Å². The molecule has 0 saturated carbocycles. The molecule has 9 heteroatoms. The van der Waals surface area contributed by atoms with E-state index in [9.17, 15) is 5.11 Å². The molecule has 0 aliphatic rings. The number of hydrogen-bond acceptors (Lipinski definition) is 5. The van der Waals surface area contributed by atoms with E-state index in [1.54, 1.807) is 35.3 Å². The molecule has 0 aliphatic heterocycles. The maximum Gasteiger partial charge on any atom is 0.147 e. The molecule has 1 N–H and O–H groups in total. The first-order chi connectivity index (χ1) is 16.0. The number of aliphatic hydroxyl groups is 1. The Balaban J connectivity index is 1.70. The second-order valence-electron chi connectivity index (χ2n) is 7.75. The minimum atomic E-state index is -0.236. The van der Waals surface area contributed by atoms with Crippen LogP contribution in [0.2, 0.25) is 10.0 Å². The molecule has 0 aliphatic carbocycles. The van der Waals surface area contributed by atoms with Crippen LogP contribution in [-0.2, 0) is 6.61 Å². The summed E-state index contributed by atoms with van der Waals surface area (Å²) >= 11 is 12.9. The van der Waals surface area contributed by atoms with Crippen LogP contribution in [0.3, 0.4) is 0 Å². The van der Waals surface area contributed by atoms with Crippen molar-refractivity contribution in [3.05, 3.63) is 70.9 Å². The van der Waals surface area contributed by atoms with Crippen molar-refractivity contribution >= 4 is 39.8 Å². The van der Waals surface area contributed by atoms with Gasteiger partial charge in [-0.3, -0.25) is 9.67 Å². The molecular formula is C24H18Cl2N6O. The number of hydrogen-bond donors (Lipinski definition) is 1. The molecule has 0 saturated heterocycles. The number of nitriles is 1. The molecular weight excluding hydrogens is 459 g/mol. The zero-order valence-electron chi connectivity index (χ0n) is 17.6. The van der Waals surface area contributed by atoms with Gasteiger partial charge in [-0.2, -0.15) is 10.4 Å². The summed E-state index contributed by atoms with van der Waals surface area (Å²) in [7, 11) is 0. The van der Waals surface area contributed by atoms with Gasteiger partial charge < -0.3 is 9.51 Å². The third-order valence-corrected chi connectivity index (χ3v) is 6.30. The molecule has 33 heavy (non-hydrogen) atoms. The number of aliphatic hydroxyl groups excluding tert-OH is 1. The number of benzene rings is 1. The maximum atomic E-state index is 10.2. The average molecular weight is 477 g/mol. The second kappa shape index (κ2) is 8.49. The van der Waals surface area contributed by atoms with Gasteiger partial charge in [0.15, 0.2) is 0 Å². The normalized spacial score (nSPS) is 12.3. The van der Waals surface area contributed by atoms with E-state index in [4.69, 9.17) is 33.4 Å². The minimum Gasteiger partial charge on any atom is -0.390 e. The van der Waals surface area contributed by atoms with Crippen LogP contribution in [-0.4, -0.2) is 29.3 Å². The van der Waals surface area contributed by atoms with Crippen LogP contribution < -0.4 is 0 Å². The predicted octanol–water partition coefficient (Wildman–Crippen LogP) is 5.69. The van der Waals surface area contributed by atoms with Gasteiger partial charge in [0.25, 0.3) is 0 Å². The van der Waals surface area contributed by atoms with Crippen LogP contribution in [0.4, 0.5) is 0 Å². The lowest BCUT2D eigenvalue weighted by Crippen LogP contribution is -2.04. The van der Waals surface area contributed by atoms with Crippen LogP contribution >= 0.6 is 23.2 Å². The first-order valence-corrected chi connectivity index (χ1v) is 11.0. The largest absolute Gasteiger partial charge is 0.390 e. The molecule has 4 heterocycles. The van der Waals surface area contributed by atoms with Crippen molar-refractivity contribution in [1.82, 2.24) is 24.1 Å². The molecule has 4 aromatic heterocycles. The monoisotopic (exact) mass is 476 g/mol. The van der Waals surface area contributed by atoms with E-state index in [-0.39, 0.29) is 12.6 Å². The highest BCUT2D eigenvalue weighted by Gasteiger charge is 2.20. The van der Waals surface area contributed by atoms with Crippen molar-refractivity contribution in [3.63, 3.8) is 0 Å². The highest BCUT2D eigenvalue weighted by molar-refractivity contribution is 6.39. The number of halogens is 2. The van der Waals surface area contributed by atoms with Gasteiger partial charge in [0, 0.05) is 40.7 Å². The van der Waals surface area contributed by atoms with Gasteiger partial charge in [-0.1, -0.05) is 29.3 Å². The standard InChI is InChI=1S/C24H18Cl2N6O/c1-14(5-7-27)32-12-16(11-29-32)15-9-17-20(28-10-15)6-8-31-21(13-33)23(30-24(17)31)22-18(25)3-2-4-19(22)26/h2-4,6,8-12,14,33H,5,13H2,1H3. The Morgan fingerprint density at radius 1 is 1.15 bits per heavy atom. The summed E-state index contributed by atoms with van der Waals surface area (Å²) in [6, 6.07) is 11.3. The van der Waals surface area contributed by atoms with Crippen molar-refractivity contribution in [2.24, 2.45) is 0 Å². The molecule has 0 bridgehead atoms. The summed E-state index contributed by atoms with van der Waals surface area (Å²) < 4.78 is 3.61. The zero-order valence-corrected chi connectivity index (χ0v) is 19.1. The molecule has 1 unspecified atom stereocenters. The van der Waals surface area contributed by atoms with E-state index >= 15 is 0 Å². The second-order valence-corrected chi connectivity index (χ2v) is 8.56. The summed E-state index contributed by atoms with van der Waals surface area (Å²) in [5, 5.41) is 25.2. The van der Waals surface area contributed by atoms with E-state index < -0.39 is 0 Å². The molecule has 0 fully saturated rings. The zero-order chi connectivity index (χ0) is 23.1. The fourth-order valence-electron chi connectivity index (χ4n) is 3.94. The van der Waals surface area contributed by atoms with E-state index in [2.05, 4.69) is 16.2 Å². The quantitative estimate of drug-likeness (QED) is 0.351. The van der Waals surface area contributed by atoms with Crippen molar-refractivity contribution < 1.29 is 5.11 Å². The lowest BCUT2D eigenvalue weighted by atomic mass is 10.1. The van der Waals surface area contributed by atoms with Crippen LogP contribution in [0.1, 0.15) is 25.1 Å². The highest BCUT2D eigenvalue weighted by atomic mass is 35.5. The SMILES string of the molecule is CC(CC#N)n1cc(-c2cnc3ccn4c(CO)c(-c5c(Cl)cccc5Cl)nc4c3c2)cn1. The summed E-state index contributed by atoms with van der Waals surface area (Å²) in [6.45, 7) is 1.71. The Hall–Kier alpha value is -3.44. The fourth-order valence-corrected chi connectivity index (χ4v) is 4.51. The summed E-state index contributed by atoms with van der Waals surface area (Å²) in [4.78, 5) is 9.45. The van der Waals surface area contributed by atoms with Gasteiger partial charge in [-0.25, -0.2) is 4.98 Å². The van der Waals surface area contributed by atoms with Gasteiger partial charge in [0.2, 0.25) is 0 Å². The predicted molar refractivity (Wildman–Crippen MR) is 128 cm³/mol. The van der Waals surface area contributed by atoms with E-state index in [1.807, 2.05) is 35.9 Å². The number of fused-ring (bicyclic) bond motifs is 3. The molecule has 1 aromatic carbocycles. The number of aromatic nitrogens is 5. The highest BCUT2D eigenvalue weighted by Crippen LogP contribution is 2.37. The maximum absolute atomic E-state index is 10.2. The molecule has 0 spiro atoms. The van der Waals surface area contributed by atoms with E-state index in [0.717, 1.165) is 22.0 Å². The van der Waals surface area contributed by atoms with Gasteiger partial charge in [-0.15, -0.1) is 0 Å². The van der Waals surface area contributed by atoms with E-state index in [0.29, 0.717) is 39.1 Å². The first kappa shape index (κ1) is 21.4. The third-order valence-electron chi connectivity index (χ3n) is 5.67. The van der Waals surface area contributed by atoms with Gasteiger partial charge in [0.1, 0.15) is 5.65 Å². The number of imidazole rings is 1. The van der Waals surface area contributed by atoms with Crippen molar-refractivity contribution in [1.29, 1.82) is 5.26 Å². The number of rotatable bonds is 5. The summed E-state index contributed by atoms with van der Waals surface area (Å²) in [5.74, 6) is 0. The summed E-state index contributed by atoms with van der Waals surface area (Å²) in [6.07, 6.45) is 7.67. The topological polar surface area (TPSA) is 92.0 Å². The van der Waals surface area contributed by atoms with Crippen LogP contribution in [0.25, 0.3) is 38.9 Å². The fraction of sp³-hybridized carbons (Fsp3) is 0.167. The van der Waals surface area contributed by atoms with Crippen molar-refractivity contribution in [2.75, 3.05) is 0 Å². The van der Waals surface area contributed by atoms with Crippen LogP contribution in [0.5, 0.6) is 0 Å². The summed E-state index contributed by atoms with van der Waals surface area (Å²) in [5.41, 5.74) is 4.87. The van der Waals surface area contributed by atoms with Gasteiger partial charge in [-0.05, 0) is 31.2 Å². The Morgan fingerprint density at radius 2 is 1.94 bits per heavy atom. The molecule has 5 rings (SSSR count). The minimum absolute atomic E-state index is 0.0220. The number of pyridine rings is 2. The molecule has 1 atom stereocenters. The first-order valence-electron chi connectivity index (χ1n) is 10.3. The smallest absolute Gasteiger partial charge is 0.147 e. The van der Waals surface area contributed by atoms with Crippen molar-refractivity contribution in [2.45, 2.75) is 26.0 Å². The Bertz CT molecular complexity index is 1530. The van der Waals surface area contributed by atoms with Crippen LogP contribution in [0.15, 0.2) is 55.1 Å². The molecule has 0 amide bonds. The Labute approximate surface area is 199 Å². The number of nitrogens with zero attached hydrogens (tertiary/aromatic N) is 6. The Kier molecular flexibility index (Phi) is 5.51. The van der Waals surface area contributed by atoms with Crippen LogP contribution in [0, 0.1) is 11.3 Å². The van der Waals surface area contributed by atoms with Gasteiger partial charge in [0.05, 0.1) is 58.3 Å². The molecule has 5 aromatic rings. The Morgan fingerprint density at radius 3 is 2.67 bits per heavy atom. The average Bonchev–Trinajstić information content (AvgIpc) is 3.44. The lowest BCUT2D eigenvalue weighted by molar-refractivity contribution is 0.276. The molecule has 7 nitrogen and oxygen atoms in total. The lowest BCUT2D eigenvalue weighted by Gasteiger charge is -2.07. The van der Waals surface area contributed by atoms with Gasteiger partial charge >= 0.3 is 0 Å².